The maximum absolute atomic E-state index is 12.1. The number of carboxylic acids is 1. The van der Waals surface area contributed by atoms with Crippen LogP contribution in [0.4, 0.5) is 0 Å². The van der Waals surface area contributed by atoms with Gasteiger partial charge in [-0.15, -0.1) is 0 Å². The van der Waals surface area contributed by atoms with Gasteiger partial charge in [-0.05, 0) is 38.0 Å². The molecule has 0 aromatic heterocycles. The van der Waals surface area contributed by atoms with E-state index < -0.39 is 5.97 Å². The highest BCUT2D eigenvalue weighted by Crippen LogP contribution is 2.24. The van der Waals surface area contributed by atoms with Crippen molar-refractivity contribution in [3.05, 3.63) is 0 Å². The minimum atomic E-state index is -0.718. The Hall–Kier alpha value is -1.10. The zero-order valence-corrected chi connectivity index (χ0v) is 11.9. The van der Waals surface area contributed by atoms with Crippen molar-refractivity contribution >= 4 is 11.9 Å². The van der Waals surface area contributed by atoms with E-state index in [0.717, 1.165) is 19.3 Å². The third kappa shape index (κ3) is 5.19. The first-order valence-electron chi connectivity index (χ1n) is 7.17. The van der Waals surface area contributed by atoms with Crippen LogP contribution in [0.3, 0.4) is 0 Å². The zero-order valence-electron chi connectivity index (χ0n) is 11.9. The van der Waals surface area contributed by atoms with Crippen LogP contribution in [0.25, 0.3) is 0 Å². The van der Waals surface area contributed by atoms with E-state index in [1.54, 1.807) is 0 Å². The molecule has 1 unspecified atom stereocenters. The summed E-state index contributed by atoms with van der Waals surface area (Å²) in [4.78, 5) is 22.9. The number of hydrogen-bond donors (Lipinski definition) is 3. The third-order valence-electron chi connectivity index (χ3n) is 3.83. The maximum atomic E-state index is 12.1. The molecule has 5 heteroatoms. The number of hydrogen-bond acceptors (Lipinski definition) is 3. The van der Waals surface area contributed by atoms with Gasteiger partial charge in [0.2, 0.25) is 5.91 Å². The number of amides is 1. The minimum absolute atomic E-state index is 0.0231. The van der Waals surface area contributed by atoms with E-state index in [0.29, 0.717) is 25.3 Å². The summed E-state index contributed by atoms with van der Waals surface area (Å²) in [5, 5.41) is 12.0. The number of aliphatic carboxylic acids is 1. The Bertz CT molecular complexity index is 310. The van der Waals surface area contributed by atoms with Gasteiger partial charge in [0.25, 0.3) is 0 Å². The summed E-state index contributed by atoms with van der Waals surface area (Å²) in [6.45, 7) is 4.52. The molecule has 0 aliphatic heterocycles. The minimum Gasteiger partial charge on any atom is -0.481 e. The fourth-order valence-corrected chi connectivity index (χ4v) is 2.68. The van der Waals surface area contributed by atoms with Crippen LogP contribution in [-0.2, 0) is 9.59 Å². The predicted octanol–water partition coefficient (Wildman–Crippen LogP) is 1.37. The van der Waals surface area contributed by atoms with Gasteiger partial charge in [0.15, 0.2) is 0 Å². The fraction of sp³-hybridized carbons (Fsp3) is 0.857. The molecule has 0 radical (unpaired) electrons. The first-order chi connectivity index (χ1) is 8.93. The van der Waals surface area contributed by atoms with Crippen molar-refractivity contribution in [3.63, 3.8) is 0 Å². The molecule has 1 aliphatic rings. The predicted molar refractivity (Wildman–Crippen MR) is 73.5 cm³/mol. The van der Waals surface area contributed by atoms with E-state index in [4.69, 9.17) is 10.8 Å². The van der Waals surface area contributed by atoms with E-state index in [-0.39, 0.29) is 23.8 Å². The molecule has 5 nitrogen and oxygen atoms in total. The Morgan fingerprint density at radius 1 is 1.26 bits per heavy atom. The van der Waals surface area contributed by atoms with Crippen molar-refractivity contribution in [1.82, 2.24) is 5.32 Å². The van der Waals surface area contributed by atoms with Gasteiger partial charge < -0.3 is 16.2 Å². The third-order valence-corrected chi connectivity index (χ3v) is 3.83. The van der Waals surface area contributed by atoms with Gasteiger partial charge in [0, 0.05) is 12.6 Å². The lowest BCUT2D eigenvalue weighted by Crippen LogP contribution is -2.43. The molecule has 0 bridgehead atoms. The molecule has 0 saturated heterocycles. The van der Waals surface area contributed by atoms with E-state index >= 15 is 0 Å². The molecule has 1 rings (SSSR count). The summed E-state index contributed by atoms with van der Waals surface area (Å²) in [6.07, 6.45) is 3.60. The summed E-state index contributed by atoms with van der Waals surface area (Å²) in [7, 11) is 0. The van der Waals surface area contributed by atoms with Crippen LogP contribution in [0, 0.1) is 17.8 Å². The lowest BCUT2D eigenvalue weighted by Gasteiger charge is -2.28. The SMILES string of the molecule is CC(C)CC(CN)C(=O)NC1CCC(C(=O)O)CC1. The largest absolute Gasteiger partial charge is 0.481 e. The molecule has 4 N–H and O–H groups in total. The highest BCUT2D eigenvalue weighted by molar-refractivity contribution is 5.79. The zero-order chi connectivity index (χ0) is 14.4. The molecule has 1 fully saturated rings. The Morgan fingerprint density at radius 2 is 1.84 bits per heavy atom. The molecular formula is C14H26N2O3. The molecule has 0 aromatic carbocycles. The van der Waals surface area contributed by atoms with Crippen LogP contribution in [0.2, 0.25) is 0 Å². The Kier molecular flexibility index (Phi) is 6.28. The van der Waals surface area contributed by atoms with Crippen molar-refractivity contribution in [2.75, 3.05) is 6.54 Å². The summed E-state index contributed by atoms with van der Waals surface area (Å²) in [6, 6.07) is 0.115. The van der Waals surface area contributed by atoms with Crippen LogP contribution >= 0.6 is 0 Å². The number of carbonyl (C=O) groups is 2. The van der Waals surface area contributed by atoms with E-state index in [1.165, 1.54) is 0 Å². The normalized spacial score (nSPS) is 25.1. The number of rotatable bonds is 6. The Labute approximate surface area is 114 Å². The number of nitrogens with one attached hydrogen (secondary N) is 1. The van der Waals surface area contributed by atoms with Gasteiger partial charge in [0.05, 0.1) is 11.8 Å². The Balaban J connectivity index is 2.39. The second-order valence-corrected chi connectivity index (χ2v) is 5.96. The number of carbonyl (C=O) groups excluding carboxylic acids is 1. The van der Waals surface area contributed by atoms with Crippen LogP contribution < -0.4 is 11.1 Å². The lowest BCUT2D eigenvalue weighted by atomic mass is 9.85. The molecule has 110 valence electrons. The average molecular weight is 270 g/mol. The summed E-state index contributed by atoms with van der Waals surface area (Å²) in [5.41, 5.74) is 5.65. The summed E-state index contributed by atoms with van der Waals surface area (Å²) < 4.78 is 0. The molecule has 1 aliphatic carbocycles. The average Bonchev–Trinajstić information content (AvgIpc) is 2.36. The molecule has 1 saturated carbocycles. The lowest BCUT2D eigenvalue weighted by molar-refractivity contribution is -0.142. The molecule has 1 atom stereocenters. The van der Waals surface area contributed by atoms with E-state index in [2.05, 4.69) is 19.2 Å². The number of carboxylic acid groups (broad SMARTS) is 1. The summed E-state index contributed by atoms with van der Waals surface area (Å²) >= 11 is 0. The second-order valence-electron chi connectivity index (χ2n) is 5.96. The van der Waals surface area contributed by atoms with E-state index in [9.17, 15) is 9.59 Å². The fourth-order valence-electron chi connectivity index (χ4n) is 2.68. The van der Waals surface area contributed by atoms with Gasteiger partial charge in [-0.2, -0.15) is 0 Å². The molecular weight excluding hydrogens is 244 g/mol. The molecule has 0 aromatic rings. The van der Waals surface area contributed by atoms with Crippen LogP contribution in [0.1, 0.15) is 46.0 Å². The van der Waals surface area contributed by atoms with Crippen molar-refractivity contribution in [1.29, 1.82) is 0 Å². The topological polar surface area (TPSA) is 92.4 Å². The first-order valence-corrected chi connectivity index (χ1v) is 7.17. The molecule has 0 heterocycles. The standard InChI is InChI=1S/C14H26N2O3/c1-9(2)7-11(8-15)13(17)16-12-5-3-10(4-6-12)14(18)19/h9-12H,3-8,15H2,1-2H3,(H,16,17)(H,18,19). The van der Waals surface area contributed by atoms with Crippen molar-refractivity contribution in [3.8, 4) is 0 Å². The monoisotopic (exact) mass is 270 g/mol. The van der Waals surface area contributed by atoms with Crippen LogP contribution in [0.15, 0.2) is 0 Å². The summed E-state index contributed by atoms with van der Waals surface area (Å²) in [5.74, 6) is -0.618. The van der Waals surface area contributed by atoms with Crippen molar-refractivity contribution < 1.29 is 14.7 Å². The van der Waals surface area contributed by atoms with Gasteiger partial charge in [0.1, 0.15) is 0 Å². The molecule has 1 amide bonds. The number of nitrogens with two attached hydrogens (primary N) is 1. The molecule has 19 heavy (non-hydrogen) atoms. The highest BCUT2D eigenvalue weighted by atomic mass is 16.4. The maximum Gasteiger partial charge on any atom is 0.306 e. The smallest absolute Gasteiger partial charge is 0.306 e. The second kappa shape index (κ2) is 7.48. The Morgan fingerprint density at radius 3 is 2.26 bits per heavy atom. The van der Waals surface area contributed by atoms with Gasteiger partial charge in [-0.1, -0.05) is 13.8 Å². The van der Waals surface area contributed by atoms with Gasteiger partial charge in [-0.3, -0.25) is 9.59 Å². The molecule has 0 spiro atoms. The van der Waals surface area contributed by atoms with Crippen LogP contribution in [-0.4, -0.2) is 29.6 Å². The highest BCUT2D eigenvalue weighted by Gasteiger charge is 2.28. The van der Waals surface area contributed by atoms with E-state index in [1.807, 2.05) is 0 Å². The van der Waals surface area contributed by atoms with Crippen molar-refractivity contribution in [2.45, 2.75) is 52.0 Å². The first kappa shape index (κ1) is 16.0. The van der Waals surface area contributed by atoms with Crippen molar-refractivity contribution in [2.24, 2.45) is 23.5 Å². The van der Waals surface area contributed by atoms with Gasteiger partial charge >= 0.3 is 5.97 Å². The van der Waals surface area contributed by atoms with Crippen LogP contribution in [0.5, 0.6) is 0 Å². The van der Waals surface area contributed by atoms with Gasteiger partial charge in [-0.25, -0.2) is 0 Å². The quantitative estimate of drug-likeness (QED) is 0.679.